The van der Waals surface area contributed by atoms with Gasteiger partial charge in [0.15, 0.2) is 5.82 Å². The van der Waals surface area contributed by atoms with E-state index >= 15 is 0 Å². The fourth-order valence-electron chi connectivity index (χ4n) is 3.11. The van der Waals surface area contributed by atoms with Crippen LogP contribution in [0.1, 0.15) is 25.6 Å². The summed E-state index contributed by atoms with van der Waals surface area (Å²) in [4.78, 5) is 12.3. The van der Waals surface area contributed by atoms with E-state index in [-0.39, 0.29) is 17.9 Å². The van der Waals surface area contributed by atoms with Crippen molar-refractivity contribution in [2.45, 2.75) is 32.3 Å². The molecule has 0 unspecified atom stereocenters. The van der Waals surface area contributed by atoms with E-state index < -0.39 is 0 Å². The van der Waals surface area contributed by atoms with E-state index in [0.717, 1.165) is 36.7 Å². The Hall–Kier alpha value is -2.21. The summed E-state index contributed by atoms with van der Waals surface area (Å²) in [6.07, 6.45) is 2.50. The first-order valence-corrected chi connectivity index (χ1v) is 8.50. The monoisotopic (exact) mass is 328 g/mol. The standard InChI is InChI=1S/C18H24N4O2/c1-13-15(9-6-12-24-13)18(23)19-11-10-16-20-21-17(22(16)2)14-7-4-3-5-8-14/h3-5,7-8,13,15H,6,9-12H2,1-2H3,(H,19,23)/t13-,15-/m0/s1. The Kier molecular flexibility index (Phi) is 5.25. The predicted molar refractivity (Wildman–Crippen MR) is 91.3 cm³/mol. The van der Waals surface area contributed by atoms with Crippen LogP contribution < -0.4 is 5.32 Å². The lowest BCUT2D eigenvalue weighted by Gasteiger charge is -2.27. The maximum Gasteiger partial charge on any atom is 0.225 e. The first-order chi connectivity index (χ1) is 11.7. The van der Waals surface area contributed by atoms with Crippen molar-refractivity contribution in [2.75, 3.05) is 13.2 Å². The molecule has 3 rings (SSSR count). The van der Waals surface area contributed by atoms with Gasteiger partial charge in [0.05, 0.1) is 12.0 Å². The maximum atomic E-state index is 12.3. The van der Waals surface area contributed by atoms with E-state index in [9.17, 15) is 4.79 Å². The van der Waals surface area contributed by atoms with Crippen molar-refractivity contribution in [2.24, 2.45) is 13.0 Å². The largest absolute Gasteiger partial charge is 0.378 e. The minimum absolute atomic E-state index is 0.00161. The van der Waals surface area contributed by atoms with Gasteiger partial charge in [-0.05, 0) is 19.8 Å². The SMILES string of the molecule is C[C@@H]1OCCC[C@@H]1C(=O)NCCc1nnc(-c2ccccc2)n1C. The quantitative estimate of drug-likeness (QED) is 0.911. The molecule has 1 aromatic carbocycles. The number of amides is 1. The van der Waals surface area contributed by atoms with Crippen molar-refractivity contribution in [1.82, 2.24) is 20.1 Å². The Morgan fingerprint density at radius 3 is 2.88 bits per heavy atom. The minimum Gasteiger partial charge on any atom is -0.378 e. The summed E-state index contributed by atoms with van der Waals surface area (Å²) in [7, 11) is 1.95. The minimum atomic E-state index is -0.0434. The molecule has 6 heteroatoms. The number of benzene rings is 1. The summed E-state index contributed by atoms with van der Waals surface area (Å²) in [6, 6.07) is 9.97. The van der Waals surface area contributed by atoms with Crippen LogP contribution in [0.5, 0.6) is 0 Å². The molecule has 1 fully saturated rings. The van der Waals surface area contributed by atoms with Crippen molar-refractivity contribution < 1.29 is 9.53 Å². The van der Waals surface area contributed by atoms with Gasteiger partial charge in [-0.2, -0.15) is 0 Å². The molecule has 0 spiro atoms. The average molecular weight is 328 g/mol. The van der Waals surface area contributed by atoms with E-state index in [2.05, 4.69) is 15.5 Å². The molecule has 1 aliphatic heterocycles. The summed E-state index contributed by atoms with van der Waals surface area (Å²) < 4.78 is 7.54. The molecule has 2 heterocycles. The summed E-state index contributed by atoms with van der Waals surface area (Å²) in [5.74, 6) is 1.74. The molecule has 2 atom stereocenters. The Bertz CT molecular complexity index is 684. The molecule has 2 aromatic rings. The van der Waals surface area contributed by atoms with Crippen LogP contribution >= 0.6 is 0 Å². The second kappa shape index (κ2) is 7.57. The van der Waals surface area contributed by atoms with Crippen LogP contribution in [-0.4, -0.2) is 39.9 Å². The van der Waals surface area contributed by atoms with Gasteiger partial charge in [0.1, 0.15) is 5.82 Å². The van der Waals surface area contributed by atoms with Gasteiger partial charge in [0, 0.05) is 32.2 Å². The summed E-state index contributed by atoms with van der Waals surface area (Å²) in [5.41, 5.74) is 1.04. The molecule has 0 saturated carbocycles. The smallest absolute Gasteiger partial charge is 0.225 e. The Morgan fingerprint density at radius 1 is 1.33 bits per heavy atom. The lowest BCUT2D eigenvalue weighted by molar-refractivity contribution is -0.133. The molecule has 128 valence electrons. The third-order valence-corrected chi connectivity index (χ3v) is 4.59. The number of rotatable bonds is 5. The van der Waals surface area contributed by atoms with Crippen LogP contribution in [0.2, 0.25) is 0 Å². The van der Waals surface area contributed by atoms with E-state index in [4.69, 9.17) is 4.74 Å². The summed E-state index contributed by atoms with van der Waals surface area (Å²) in [6.45, 7) is 3.28. The van der Waals surface area contributed by atoms with E-state index in [1.54, 1.807) is 0 Å². The first-order valence-electron chi connectivity index (χ1n) is 8.50. The predicted octanol–water partition coefficient (Wildman–Crippen LogP) is 1.96. The van der Waals surface area contributed by atoms with Gasteiger partial charge in [-0.1, -0.05) is 30.3 Å². The highest BCUT2D eigenvalue weighted by Gasteiger charge is 2.28. The normalized spacial score (nSPS) is 20.8. The second-order valence-corrected chi connectivity index (χ2v) is 6.23. The lowest BCUT2D eigenvalue weighted by Crippen LogP contribution is -2.41. The molecule has 0 aliphatic carbocycles. The fourth-order valence-corrected chi connectivity index (χ4v) is 3.11. The number of carbonyl (C=O) groups is 1. The lowest BCUT2D eigenvalue weighted by atomic mass is 9.94. The van der Waals surface area contributed by atoms with Crippen LogP contribution in [-0.2, 0) is 23.0 Å². The highest BCUT2D eigenvalue weighted by molar-refractivity contribution is 5.79. The average Bonchev–Trinajstić information content (AvgIpc) is 2.97. The summed E-state index contributed by atoms with van der Waals surface area (Å²) in [5, 5.41) is 11.5. The van der Waals surface area contributed by atoms with E-state index in [0.29, 0.717) is 13.0 Å². The zero-order valence-electron chi connectivity index (χ0n) is 14.2. The third kappa shape index (κ3) is 3.64. The molecule has 1 aromatic heterocycles. The highest BCUT2D eigenvalue weighted by Crippen LogP contribution is 2.20. The Morgan fingerprint density at radius 2 is 2.12 bits per heavy atom. The molecule has 1 N–H and O–H groups in total. The molecule has 1 amide bonds. The fraction of sp³-hybridized carbons (Fsp3) is 0.500. The van der Waals surface area contributed by atoms with Crippen molar-refractivity contribution in [3.8, 4) is 11.4 Å². The highest BCUT2D eigenvalue weighted by atomic mass is 16.5. The molecule has 6 nitrogen and oxygen atoms in total. The van der Waals surface area contributed by atoms with Crippen LogP contribution in [0.3, 0.4) is 0 Å². The van der Waals surface area contributed by atoms with Gasteiger partial charge < -0.3 is 14.6 Å². The molecular formula is C18H24N4O2. The van der Waals surface area contributed by atoms with Gasteiger partial charge in [-0.15, -0.1) is 10.2 Å². The number of ether oxygens (including phenoxy) is 1. The van der Waals surface area contributed by atoms with Crippen molar-refractivity contribution in [3.05, 3.63) is 36.2 Å². The second-order valence-electron chi connectivity index (χ2n) is 6.23. The molecule has 24 heavy (non-hydrogen) atoms. The zero-order chi connectivity index (χ0) is 16.9. The number of aromatic nitrogens is 3. The van der Waals surface area contributed by atoms with Crippen LogP contribution in [0.4, 0.5) is 0 Å². The molecule has 0 bridgehead atoms. The van der Waals surface area contributed by atoms with Gasteiger partial charge in [-0.3, -0.25) is 4.79 Å². The van der Waals surface area contributed by atoms with Gasteiger partial charge in [0.25, 0.3) is 0 Å². The maximum absolute atomic E-state index is 12.3. The summed E-state index contributed by atoms with van der Waals surface area (Å²) >= 11 is 0. The Balaban J connectivity index is 1.56. The Labute approximate surface area is 142 Å². The van der Waals surface area contributed by atoms with Gasteiger partial charge in [-0.25, -0.2) is 0 Å². The first kappa shape index (κ1) is 16.6. The van der Waals surface area contributed by atoms with Gasteiger partial charge >= 0.3 is 0 Å². The van der Waals surface area contributed by atoms with Crippen LogP contribution in [0.15, 0.2) is 30.3 Å². The topological polar surface area (TPSA) is 69.0 Å². The molecule has 0 radical (unpaired) electrons. The van der Waals surface area contributed by atoms with E-state index in [1.807, 2.05) is 48.9 Å². The number of nitrogens with one attached hydrogen (secondary N) is 1. The van der Waals surface area contributed by atoms with Crippen molar-refractivity contribution in [1.29, 1.82) is 0 Å². The number of hydrogen-bond acceptors (Lipinski definition) is 4. The van der Waals surface area contributed by atoms with E-state index in [1.165, 1.54) is 0 Å². The van der Waals surface area contributed by atoms with Crippen LogP contribution in [0, 0.1) is 5.92 Å². The van der Waals surface area contributed by atoms with Crippen molar-refractivity contribution >= 4 is 5.91 Å². The molecular weight excluding hydrogens is 304 g/mol. The van der Waals surface area contributed by atoms with Gasteiger partial charge in [0.2, 0.25) is 5.91 Å². The number of nitrogens with zero attached hydrogens (tertiary/aromatic N) is 3. The molecule has 1 aliphatic rings. The zero-order valence-corrected chi connectivity index (χ0v) is 14.2. The number of carbonyl (C=O) groups excluding carboxylic acids is 1. The third-order valence-electron chi connectivity index (χ3n) is 4.59. The molecule has 1 saturated heterocycles. The van der Waals surface area contributed by atoms with Crippen molar-refractivity contribution in [3.63, 3.8) is 0 Å². The van der Waals surface area contributed by atoms with Crippen LogP contribution in [0.25, 0.3) is 11.4 Å². The number of hydrogen-bond donors (Lipinski definition) is 1.